The van der Waals surface area contributed by atoms with Gasteiger partial charge < -0.3 is 4.74 Å². The Morgan fingerprint density at radius 3 is 2.54 bits per heavy atom. The Kier molecular flexibility index (Phi) is 4.20. The van der Waals surface area contributed by atoms with E-state index in [4.69, 9.17) is 4.74 Å². The Labute approximate surface area is 134 Å². The molecule has 24 heavy (non-hydrogen) atoms. The molecule has 0 saturated heterocycles. The third-order valence-corrected chi connectivity index (χ3v) is 3.24. The lowest BCUT2D eigenvalue weighted by molar-refractivity contribution is -0.212. The number of nitrogens with zero attached hydrogens (tertiary/aromatic N) is 3. The van der Waals surface area contributed by atoms with Crippen molar-refractivity contribution in [1.82, 2.24) is 14.8 Å². The van der Waals surface area contributed by atoms with Crippen LogP contribution in [0.4, 0.5) is 17.6 Å². The molecule has 0 unspecified atom stereocenters. The number of ether oxygens (including phenoxy) is 1. The van der Waals surface area contributed by atoms with E-state index in [9.17, 15) is 17.6 Å². The van der Waals surface area contributed by atoms with Crippen LogP contribution in [0.15, 0.2) is 55.0 Å². The average Bonchev–Trinajstić information content (AvgIpc) is 3.05. The SMILES string of the molecule is Fc1cc(-c2cnn(C(F)(F)F)c2)ccc1COc1ccccn1. The molecule has 0 aliphatic heterocycles. The number of rotatable bonds is 4. The van der Waals surface area contributed by atoms with Gasteiger partial charge in [-0.05, 0) is 17.7 Å². The lowest BCUT2D eigenvalue weighted by atomic mass is 10.1. The molecule has 0 fully saturated rings. The molecule has 2 aromatic heterocycles. The summed E-state index contributed by atoms with van der Waals surface area (Å²) >= 11 is 0. The first-order valence-electron chi connectivity index (χ1n) is 6.88. The molecule has 0 aliphatic carbocycles. The van der Waals surface area contributed by atoms with Gasteiger partial charge in [0.1, 0.15) is 12.4 Å². The summed E-state index contributed by atoms with van der Waals surface area (Å²) in [4.78, 5) is 3.95. The molecule has 1 aromatic carbocycles. The number of halogens is 4. The molecular formula is C16H11F4N3O. The number of pyridine rings is 1. The molecule has 4 nitrogen and oxygen atoms in total. The Hall–Kier alpha value is -2.90. The summed E-state index contributed by atoms with van der Waals surface area (Å²) in [5, 5.41) is 3.23. The minimum Gasteiger partial charge on any atom is -0.473 e. The highest BCUT2D eigenvalue weighted by Crippen LogP contribution is 2.26. The molecule has 0 saturated carbocycles. The van der Waals surface area contributed by atoms with E-state index in [1.165, 1.54) is 12.1 Å². The fourth-order valence-electron chi connectivity index (χ4n) is 2.04. The van der Waals surface area contributed by atoms with Crippen LogP contribution in [0.1, 0.15) is 5.56 Å². The summed E-state index contributed by atoms with van der Waals surface area (Å²) in [6, 6.07) is 9.21. The van der Waals surface area contributed by atoms with Gasteiger partial charge >= 0.3 is 6.30 Å². The molecule has 124 valence electrons. The van der Waals surface area contributed by atoms with Crippen molar-refractivity contribution in [2.45, 2.75) is 12.9 Å². The van der Waals surface area contributed by atoms with Crippen molar-refractivity contribution in [3.63, 3.8) is 0 Å². The summed E-state index contributed by atoms with van der Waals surface area (Å²) in [7, 11) is 0. The van der Waals surface area contributed by atoms with Gasteiger partial charge in [-0.2, -0.15) is 9.78 Å². The Morgan fingerprint density at radius 2 is 1.92 bits per heavy atom. The van der Waals surface area contributed by atoms with Crippen LogP contribution in [0.5, 0.6) is 5.88 Å². The summed E-state index contributed by atoms with van der Waals surface area (Å²) in [6.07, 6.45) is -1.22. The standard InChI is InChI=1S/C16H11F4N3O/c17-14-7-11(13-8-22-23(9-13)16(18,19)20)4-5-12(14)10-24-15-3-1-2-6-21-15/h1-9H,10H2. The molecular weight excluding hydrogens is 326 g/mol. The minimum absolute atomic E-state index is 0.0368. The van der Waals surface area contributed by atoms with Gasteiger partial charge in [0.25, 0.3) is 0 Å². The van der Waals surface area contributed by atoms with Gasteiger partial charge in [0.2, 0.25) is 5.88 Å². The number of hydrogen-bond donors (Lipinski definition) is 0. The normalized spacial score (nSPS) is 11.5. The number of benzene rings is 1. The third-order valence-electron chi connectivity index (χ3n) is 3.24. The molecule has 0 atom stereocenters. The summed E-state index contributed by atoms with van der Waals surface area (Å²) in [5.74, 6) is -0.226. The van der Waals surface area contributed by atoms with Crippen LogP contribution in [-0.4, -0.2) is 14.8 Å². The van der Waals surface area contributed by atoms with E-state index >= 15 is 0 Å². The molecule has 0 aliphatic rings. The highest BCUT2D eigenvalue weighted by molar-refractivity contribution is 5.62. The van der Waals surface area contributed by atoms with E-state index in [0.717, 1.165) is 18.5 Å². The Balaban J connectivity index is 1.76. The maximum absolute atomic E-state index is 14.1. The second kappa shape index (κ2) is 6.31. The molecule has 0 radical (unpaired) electrons. The quantitative estimate of drug-likeness (QED) is 0.672. The summed E-state index contributed by atoms with van der Waals surface area (Å²) in [6.45, 7) is -0.0368. The molecule has 0 spiro atoms. The van der Waals surface area contributed by atoms with Crippen LogP contribution in [-0.2, 0) is 12.9 Å². The average molecular weight is 337 g/mol. The highest BCUT2D eigenvalue weighted by Gasteiger charge is 2.31. The van der Waals surface area contributed by atoms with Gasteiger partial charge in [-0.1, -0.05) is 18.2 Å². The highest BCUT2D eigenvalue weighted by atomic mass is 19.4. The van der Waals surface area contributed by atoms with Crippen LogP contribution in [0.25, 0.3) is 11.1 Å². The monoisotopic (exact) mass is 337 g/mol. The van der Waals surface area contributed by atoms with E-state index in [0.29, 0.717) is 11.4 Å². The van der Waals surface area contributed by atoms with E-state index in [-0.39, 0.29) is 22.4 Å². The molecule has 3 rings (SSSR count). The van der Waals surface area contributed by atoms with Crippen LogP contribution in [0.2, 0.25) is 0 Å². The zero-order valence-corrected chi connectivity index (χ0v) is 12.2. The summed E-state index contributed by atoms with van der Waals surface area (Å²) in [5.41, 5.74) is 0.737. The van der Waals surface area contributed by atoms with Crippen molar-refractivity contribution >= 4 is 0 Å². The van der Waals surface area contributed by atoms with Crippen molar-refractivity contribution < 1.29 is 22.3 Å². The van der Waals surface area contributed by atoms with Gasteiger partial charge in [-0.15, -0.1) is 13.2 Å². The molecule has 2 heterocycles. The smallest absolute Gasteiger partial charge is 0.473 e. The van der Waals surface area contributed by atoms with Crippen LogP contribution < -0.4 is 4.74 Å². The third kappa shape index (κ3) is 3.53. The van der Waals surface area contributed by atoms with Crippen molar-refractivity contribution in [3.8, 4) is 17.0 Å². The maximum Gasteiger partial charge on any atom is 0.504 e. The number of hydrogen-bond acceptors (Lipinski definition) is 3. The van der Waals surface area contributed by atoms with Gasteiger partial charge in [0, 0.05) is 29.6 Å². The Morgan fingerprint density at radius 1 is 1.08 bits per heavy atom. The minimum atomic E-state index is -4.60. The lowest BCUT2D eigenvalue weighted by Crippen LogP contribution is -2.16. The van der Waals surface area contributed by atoms with Crippen molar-refractivity contribution in [1.29, 1.82) is 0 Å². The first-order chi connectivity index (χ1) is 11.4. The van der Waals surface area contributed by atoms with E-state index < -0.39 is 12.1 Å². The fraction of sp³-hybridized carbons (Fsp3) is 0.125. The number of aromatic nitrogens is 3. The first kappa shape index (κ1) is 16.0. The fourth-order valence-corrected chi connectivity index (χ4v) is 2.04. The molecule has 8 heteroatoms. The van der Waals surface area contributed by atoms with Gasteiger partial charge in [-0.25, -0.2) is 9.37 Å². The first-order valence-corrected chi connectivity index (χ1v) is 6.88. The van der Waals surface area contributed by atoms with Gasteiger partial charge in [-0.3, -0.25) is 0 Å². The largest absolute Gasteiger partial charge is 0.504 e. The second-order valence-electron chi connectivity index (χ2n) is 4.90. The van der Waals surface area contributed by atoms with E-state index in [1.807, 2.05) is 0 Å². The zero-order valence-electron chi connectivity index (χ0n) is 12.2. The van der Waals surface area contributed by atoms with Crippen LogP contribution in [0, 0.1) is 5.82 Å². The Bertz CT molecular complexity index is 831. The van der Waals surface area contributed by atoms with Crippen molar-refractivity contribution in [3.05, 3.63) is 66.4 Å². The number of alkyl halides is 3. The topological polar surface area (TPSA) is 39.9 Å². The van der Waals surface area contributed by atoms with Gasteiger partial charge in [0.15, 0.2) is 0 Å². The molecule has 3 aromatic rings. The van der Waals surface area contributed by atoms with Crippen LogP contribution in [0.3, 0.4) is 0 Å². The predicted molar refractivity (Wildman–Crippen MR) is 77.5 cm³/mol. The van der Waals surface area contributed by atoms with E-state index in [2.05, 4.69) is 10.1 Å². The summed E-state index contributed by atoms with van der Waals surface area (Å²) < 4.78 is 56.9. The van der Waals surface area contributed by atoms with Crippen molar-refractivity contribution in [2.75, 3.05) is 0 Å². The predicted octanol–water partition coefficient (Wildman–Crippen LogP) is 4.14. The molecule has 0 bridgehead atoms. The second-order valence-corrected chi connectivity index (χ2v) is 4.90. The maximum atomic E-state index is 14.1. The lowest BCUT2D eigenvalue weighted by Gasteiger charge is -2.07. The van der Waals surface area contributed by atoms with Crippen molar-refractivity contribution in [2.24, 2.45) is 0 Å². The van der Waals surface area contributed by atoms with Gasteiger partial charge in [0.05, 0.1) is 6.20 Å². The van der Waals surface area contributed by atoms with E-state index in [1.54, 1.807) is 24.4 Å². The molecule has 0 amide bonds. The molecule has 0 N–H and O–H groups in total. The zero-order chi connectivity index (χ0) is 17.2. The van der Waals surface area contributed by atoms with Crippen LogP contribution >= 0.6 is 0 Å².